The highest BCUT2D eigenvalue weighted by atomic mass is 35.5. The Labute approximate surface area is 209 Å². The Hall–Kier alpha value is -4.05. The maximum absolute atomic E-state index is 13.4. The molecular formula is C25H21ClFN7O2. The summed E-state index contributed by atoms with van der Waals surface area (Å²) in [6.45, 7) is 2.50. The molecule has 1 saturated heterocycles. The molecule has 4 heterocycles. The van der Waals surface area contributed by atoms with Gasteiger partial charge in [0.15, 0.2) is 0 Å². The van der Waals surface area contributed by atoms with E-state index in [-0.39, 0.29) is 19.0 Å². The van der Waals surface area contributed by atoms with Gasteiger partial charge in [-0.15, -0.1) is 0 Å². The number of ether oxygens (including phenoxy) is 1. The minimum absolute atomic E-state index is 0.0344. The number of hydrogen-bond donors (Lipinski definition) is 1. The second-order valence-corrected chi connectivity index (χ2v) is 9.13. The van der Waals surface area contributed by atoms with E-state index in [2.05, 4.69) is 20.1 Å². The van der Waals surface area contributed by atoms with Crippen molar-refractivity contribution in [2.24, 2.45) is 0 Å². The molecule has 11 heteroatoms. The fraction of sp³-hybridized carbons (Fsp3) is 0.240. The number of aryl methyl sites for hydroxylation is 1. The van der Waals surface area contributed by atoms with E-state index in [9.17, 15) is 9.18 Å². The number of benzene rings is 2. The Morgan fingerprint density at radius 1 is 1.22 bits per heavy atom. The van der Waals surface area contributed by atoms with Crippen molar-refractivity contribution in [2.75, 3.05) is 13.1 Å². The van der Waals surface area contributed by atoms with Crippen LogP contribution >= 0.6 is 11.6 Å². The molecule has 5 aromatic rings. The molecule has 0 spiro atoms. The summed E-state index contributed by atoms with van der Waals surface area (Å²) in [5.74, 6) is 1.72. The van der Waals surface area contributed by atoms with E-state index in [1.165, 1.54) is 9.58 Å². The van der Waals surface area contributed by atoms with Gasteiger partial charge in [0.1, 0.15) is 40.6 Å². The molecule has 6 rings (SSSR count). The van der Waals surface area contributed by atoms with E-state index in [1.54, 1.807) is 30.7 Å². The molecule has 9 nitrogen and oxygen atoms in total. The first-order valence-electron chi connectivity index (χ1n) is 11.5. The molecule has 1 atom stereocenters. The third-order valence-corrected chi connectivity index (χ3v) is 6.49. The number of carbonyl (C=O) groups is 1. The van der Waals surface area contributed by atoms with Crippen LogP contribution in [0.2, 0.25) is 5.02 Å². The van der Waals surface area contributed by atoms with Gasteiger partial charge in [-0.25, -0.2) is 14.4 Å². The molecule has 3 aromatic heterocycles. The van der Waals surface area contributed by atoms with Gasteiger partial charge in [0.05, 0.1) is 41.2 Å². The van der Waals surface area contributed by atoms with Crippen LogP contribution in [0.3, 0.4) is 0 Å². The second-order valence-electron chi connectivity index (χ2n) is 8.76. The normalized spacial score (nSPS) is 15.8. The Balaban J connectivity index is 1.25. The summed E-state index contributed by atoms with van der Waals surface area (Å²) in [5.41, 5.74) is 4.07. The Bertz CT molecular complexity index is 1620. The minimum Gasteiger partial charge on any atom is -0.456 e. The third kappa shape index (κ3) is 4.24. The van der Waals surface area contributed by atoms with Crippen LogP contribution in [0.25, 0.3) is 33.3 Å². The lowest BCUT2D eigenvalue weighted by molar-refractivity contribution is -0.131. The van der Waals surface area contributed by atoms with E-state index in [0.717, 1.165) is 16.9 Å². The SMILES string of the molecule is Cc1nc2ccc(Oc3ccc4ncc(-c5cnn(CC(=O)N6CCC(F)C6)c5)nc4c3Cl)cc2[nH]1. The van der Waals surface area contributed by atoms with Crippen molar-refractivity contribution in [2.45, 2.75) is 26.1 Å². The molecule has 182 valence electrons. The number of fused-ring (bicyclic) bond motifs is 2. The van der Waals surface area contributed by atoms with Crippen molar-refractivity contribution in [3.63, 3.8) is 0 Å². The van der Waals surface area contributed by atoms with Gasteiger partial charge in [-0.2, -0.15) is 5.10 Å². The van der Waals surface area contributed by atoms with Gasteiger partial charge in [0, 0.05) is 24.4 Å². The number of rotatable bonds is 5. The van der Waals surface area contributed by atoms with Crippen LogP contribution in [-0.4, -0.2) is 59.8 Å². The molecule has 2 aromatic carbocycles. The lowest BCUT2D eigenvalue weighted by Gasteiger charge is -2.14. The summed E-state index contributed by atoms with van der Waals surface area (Å²) >= 11 is 6.68. The maximum atomic E-state index is 13.4. The zero-order chi connectivity index (χ0) is 24.8. The van der Waals surface area contributed by atoms with Crippen molar-refractivity contribution < 1.29 is 13.9 Å². The van der Waals surface area contributed by atoms with Gasteiger partial charge in [0.2, 0.25) is 5.91 Å². The molecule has 1 unspecified atom stereocenters. The number of halogens is 2. The van der Waals surface area contributed by atoms with Crippen molar-refractivity contribution >= 4 is 39.6 Å². The van der Waals surface area contributed by atoms with Crippen molar-refractivity contribution in [3.8, 4) is 22.8 Å². The number of carbonyl (C=O) groups excluding carboxylic acids is 1. The number of alkyl halides is 1. The zero-order valence-electron chi connectivity index (χ0n) is 19.3. The molecule has 1 amide bonds. The lowest BCUT2D eigenvalue weighted by atomic mass is 10.2. The summed E-state index contributed by atoms with van der Waals surface area (Å²) in [7, 11) is 0. The Morgan fingerprint density at radius 2 is 2.08 bits per heavy atom. The smallest absolute Gasteiger partial charge is 0.244 e. The van der Waals surface area contributed by atoms with E-state index in [0.29, 0.717) is 51.8 Å². The van der Waals surface area contributed by atoms with E-state index >= 15 is 0 Å². The summed E-state index contributed by atoms with van der Waals surface area (Å²) < 4.78 is 21.0. The van der Waals surface area contributed by atoms with Crippen LogP contribution in [0.4, 0.5) is 4.39 Å². The molecule has 1 N–H and O–H groups in total. The number of amides is 1. The average molecular weight is 506 g/mol. The fourth-order valence-electron chi connectivity index (χ4n) is 4.32. The fourth-order valence-corrected chi connectivity index (χ4v) is 4.56. The van der Waals surface area contributed by atoms with Crippen LogP contribution in [0.5, 0.6) is 11.5 Å². The number of aromatic nitrogens is 6. The molecule has 0 aliphatic carbocycles. The highest BCUT2D eigenvalue weighted by Gasteiger charge is 2.26. The number of nitrogens with one attached hydrogen (secondary N) is 1. The molecule has 1 aliphatic heterocycles. The lowest BCUT2D eigenvalue weighted by Crippen LogP contribution is -2.32. The predicted molar refractivity (Wildman–Crippen MR) is 133 cm³/mol. The standard InChI is InChI=1S/C25H21ClFN7O2/c1-14-30-18-3-2-17(8-20(18)31-14)36-22-5-4-19-25(24(22)26)32-21(10-28-19)15-9-29-34(11-15)13-23(35)33-7-6-16(27)12-33/h2-5,8-11,16H,6-7,12-13H2,1H3,(H,30,31). The number of nitrogens with zero attached hydrogens (tertiary/aromatic N) is 6. The van der Waals surface area contributed by atoms with Gasteiger partial charge in [-0.3, -0.25) is 14.5 Å². The molecular weight excluding hydrogens is 485 g/mol. The van der Waals surface area contributed by atoms with Crippen LogP contribution < -0.4 is 4.74 Å². The maximum Gasteiger partial charge on any atom is 0.244 e. The summed E-state index contributed by atoms with van der Waals surface area (Å²) in [6.07, 6.45) is 4.39. The quantitative estimate of drug-likeness (QED) is 0.371. The minimum atomic E-state index is -0.953. The molecule has 1 aliphatic rings. The second kappa shape index (κ2) is 8.87. The van der Waals surface area contributed by atoms with Crippen molar-refractivity contribution in [1.82, 2.24) is 34.6 Å². The molecule has 0 radical (unpaired) electrons. The predicted octanol–water partition coefficient (Wildman–Crippen LogP) is 4.69. The first-order chi connectivity index (χ1) is 17.4. The van der Waals surface area contributed by atoms with Gasteiger partial charge >= 0.3 is 0 Å². The average Bonchev–Trinajstić information content (AvgIpc) is 3.60. The highest BCUT2D eigenvalue weighted by Crippen LogP contribution is 2.35. The first-order valence-corrected chi connectivity index (χ1v) is 11.8. The summed E-state index contributed by atoms with van der Waals surface area (Å²) in [5, 5.41) is 4.60. The van der Waals surface area contributed by atoms with Gasteiger partial charge in [-0.1, -0.05) is 11.6 Å². The van der Waals surface area contributed by atoms with Crippen molar-refractivity contribution in [1.29, 1.82) is 0 Å². The number of H-pyrrole nitrogens is 1. The Kier molecular flexibility index (Phi) is 5.52. The first kappa shape index (κ1) is 22.4. The van der Waals surface area contributed by atoms with Crippen LogP contribution in [-0.2, 0) is 11.3 Å². The third-order valence-electron chi connectivity index (χ3n) is 6.13. The Morgan fingerprint density at radius 3 is 2.92 bits per heavy atom. The zero-order valence-corrected chi connectivity index (χ0v) is 20.0. The number of aromatic amines is 1. The van der Waals surface area contributed by atoms with E-state index in [1.807, 2.05) is 25.1 Å². The topological polar surface area (TPSA) is 102 Å². The molecule has 36 heavy (non-hydrogen) atoms. The summed E-state index contributed by atoms with van der Waals surface area (Å²) in [4.78, 5) is 30.7. The molecule has 1 fully saturated rings. The molecule has 0 saturated carbocycles. The number of likely N-dealkylation sites (tertiary alicyclic amines) is 1. The van der Waals surface area contributed by atoms with E-state index < -0.39 is 6.17 Å². The number of hydrogen-bond acceptors (Lipinski definition) is 6. The highest BCUT2D eigenvalue weighted by molar-refractivity contribution is 6.36. The van der Waals surface area contributed by atoms with Gasteiger partial charge in [0.25, 0.3) is 0 Å². The van der Waals surface area contributed by atoms with Gasteiger partial charge in [-0.05, 0) is 37.6 Å². The van der Waals surface area contributed by atoms with Crippen LogP contribution in [0, 0.1) is 6.92 Å². The molecule has 0 bridgehead atoms. The largest absolute Gasteiger partial charge is 0.456 e. The van der Waals surface area contributed by atoms with Crippen molar-refractivity contribution in [3.05, 3.63) is 59.8 Å². The van der Waals surface area contributed by atoms with E-state index in [4.69, 9.17) is 21.3 Å². The monoisotopic (exact) mass is 505 g/mol. The van der Waals surface area contributed by atoms with Gasteiger partial charge < -0.3 is 14.6 Å². The van der Waals surface area contributed by atoms with Crippen LogP contribution in [0.15, 0.2) is 48.9 Å². The summed E-state index contributed by atoms with van der Waals surface area (Å²) in [6, 6.07) is 9.12. The van der Waals surface area contributed by atoms with Crippen LogP contribution in [0.1, 0.15) is 12.2 Å². The number of imidazole rings is 1.